The minimum absolute atomic E-state index is 0. The van der Waals surface area contributed by atoms with Crippen molar-refractivity contribution in [2.75, 3.05) is 0 Å². The molecule has 1 rings (SSSR count). The number of alkyl halides is 3. The minimum atomic E-state index is -4.24. The summed E-state index contributed by atoms with van der Waals surface area (Å²) in [5, 5.41) is 0. The summed E-state index contributed by atoms with van der Waals surface area (Å²) in [7, 11) is 0. The van der Waals surface area contributed by atoms with Crippen molar-refractivity contribution in [1.82, 2.24) is 0 Å². The smallest absolute Gasteiger partial charge is 1.00 e. The van der Waals surface area contributed by atoms with Crippen molar-refractivity contribution >= 4 is 0 Å². The Labute approximate surface area is 111 Å². The van der Waals surface area contributed by atoms with Gasteiger partial charge in [-0.1, -0.05) is 17.7 Å². The van der Waals surface area contributed by atoms with Crippen LogP contribution in [0.4, 0.5) is 13.2 Å². The number of halogens is 4. The van der Waals surface area contributed by atoms with Crippen molar-refractivity contribution in [3.8, 4) is 0 Å². The molecule has 0 aliphatic carbocycles. The van der Waals surface area contributed by atoms with Crippen LogP contribution in [0.5, 0.6) is 0 Å². The van der Waals surface area contributed by atoms with Gasteiger partial charge in [-0.2, -0.15) is 19.6 Å². The summed E-state index contributed by atoms with van der Waals surface area (Å²) in [6.45, 7) is 3.57. The molecule has 0 spiro atoms. The van der Waals surface area contributed by atoms with Crippen LogP contribution in [0.3, 0.4) is 0 Å². The van der Waals surface area contributed by atoms with E-state index in [0.717, 1.165) is 17.7 Å². The Bertz CT molecular complexity index is 256. The van der Waals surface area contributed by atoms with Crippen molar-refractivity contribution < 1.29 is 56.6 Å². The molecule has 0 radical (unpaired) electrons. The van der Waals surface area contributed by atoms with Gasteiger partial charge in [0.05, 0.1) is 5.56 Å². The molecule has 0 heterocycles. The third kappa shape index (κ3) is 4.73. The molecule has 0 fully saturated rings. The second-order valence-corrected chi connectivity index (χ2v) is 2.44. The standard InChI is InChI=1S/C9H8F3.HI.Zn/c1-2-7-3-5-8(6-4-7)9(10,11)12;;/h3-6H,1-2H2;1H;/q-1;;+2/p-1. The van der Waals surface area contributed by atoms with E-state index in [4.69, 9.17) is 0 Å². The molecule has 5 heteroatoms. The molecule has 0 aliphatic rings. The van der Waals surface area contributed by atoms with Gasteiger partial charge in [0.1, 0.15) is 0 Å². The quantitative estimate of drug-likeness (QED) is 0.376. The predicted molar refractivity (Wildman–Crippen MR) is 40.5 cm³/mol. The summed E-state index contributed by atoms with van der Waals surface area (Å²) in [5.74, 6) is 0. The van der Waals surface area contributed by atoms with Crippen molar-refractivity contribution in [2.24, 2.45) is 0 Å². The van der Waals surface area contributed by atoms with E-state index in [-0.39, 0.29) is 43.5 Å². The van der Waals surface area contributed by atoms with Crippen LogP contribution in [-0.4, -0.2) is 0 Å². The van der Waals surface area contributed by atoms with Crippen LogP contribution in [0.1, 0.15) is 11.1 Å². The molecule has 0 atom stereocenters. The summed E-state index contributed by atoms with van der Waals surface area (Å²) in [6.07, 6.45) is -3.72. The SMILES string of the molecule is [CH2-]Cc1ccc(C(F)(F)F)cc1.[I-].[Zn+2]. The Hall–Kier alpha value is 0.363. The third-order valence-electron chi connectivity index (χ3n) is 1.57. The molecule has 0 saturated heterocycles. The van der Waals surface area contributed by atoms with E-state index in [1.54, 1.807) is 0 Å². The molecule has 0 nitrogen and oxygen atoms in total. The molecule has 14 heavy (non-hydrogen) atoms. The number of benzene rings is 1. The zero-order valence-corrected chi connectivity index (χ0v) is 12.6. The maximum atomic E-state index is 12.0. The summed E-state index contributed by atoms with van der Waals surface area (Å²) in [4.78, 5) is 0. The number of hydrogen-bond donors (Lipinski definition) is 0. The van der Waals surface area contributed by atoms with E-state index >= 15 is 0 Å². The molecule has 0 N–H and O–H groups in total. The second kappa shape index (κ2) is 6.78. The van der Waals surface area contributed by atoms with Gasteiger partial charge >= 0.3 is 25.7 Å². The summed E-state index contributed by atoms with van der Waals surface area (Å²) >= 11 is 0. The van der Waals surface area contributed by atoms with Crippen molar-refractivity contribution in [2.45, 2.75) is 12.6 Å². The first-order chi connectivity index (χ1) is 5.54. The zero-order valence-electron chi connectivity index (χ0n) is 7.44. The fourth-order valence-corrected chi connectivity index (χ4v) is 0.860. The van der Waals surface area contributed by atoms with Crippen LogP contribution in [0.25, 0.3) is 0 Å². The van der Waals surface area contributed by atoms with Gasteiger partial charge in [-0.25, -0.2) is 0 Å². The van der Waals surface area contributed by atoms with Crippen LogP contribution >= 0.6 is 0 Å². The van der Waals surface area contributed by atoms with Crippen LogP contribution in [0, 0.1) is 6.92 Å². The summed E-state index contributed by atoms with van der Waals surface area (Å²) in [5.41, 5.74) is 0.197. The molecular weight excluding hydrogens is 357 g/mol. The molecular formula is C9H8F3IZn. The summed E-state index contributed by atoms with van der Waals surface area (Å²) < 4.78 is 36.0. The van der Waals surface area contributed by atoms with Gasteiger partial charge < -0.3 is 30.9 Å². The van der Waals surface area contributed by atoms with E-state index in [1.807, 2.05) is 0 Å². The average molecular weight is 365 g/mol. The molecule has 0 aliphatic heterocycles. The second-order valence-electron chi connectivity index (χ2n) is 2.44. The fraction of sp³-hybridized carbons (Fsp3) is 0.222. The topological polar surface area (TPSA) is 0 Å². The maximum Gasteiger partial charge on any atom is 2.00 e. The maximum absolute atomic E-state index is 12.0. The fourth-order valence-electron chi connectivity index (χ4n) is 0.860. The molecule has 0 amide bonds. The van der Waals surface area contributed by atoms with E-state index in [0.29, 0.717) is 6.42 Å². The zero-order chi connectivity index (χ0) is 9.19. The Kier molecular flexibility index (Phi) is 8.12. The Balaban J connectivity index is 0. The largest absolute Gasteiger partial charge is 2.00 e. The molecule has 0 aromatic heterocycles. The molecule has 0 bridgehead atoms. The minimum Gasteiger partial charge on any atom is -1.00 e. The van der Waals surface area contributed by atoms with Crippen LogP contribution in [0.2, 0.25) is 0 Å². The van der Waals surface area contributed by atoms with Gasteiger partial charge in [-0.3, -0.25) is 0 Å². The van der Waals surface area contributed by atoms with E-state index in [9.17, 15) is 13.2 Å². The van der Waals surface area contributed by atoms with E-state index in [1.165, 1.54) is 12.1 Å². The molecule has 0 unspecified atom stereocenters. The van der Waals surface area contributed by atoms with Gasteiger partial charge in [0.15, 0.2) is 0 Å². The van der Waals surface area contributed by atoms with Crippen LogP contribution < -0.4 is 24.0 Å². The average Bonchev–Trinajstić information content (AvgIpc) is 2.03. The van der Waals surface area contributed by atoms with E-state index in [2.05, 4.69) is 6.92 Å². The molecule has 1 aromatic carbocycles. The van der Waals surface area contributed by atoms with Gasteiger partial charge in [0.2, 0.25) is 0 Å². The van der Waals surface area contributed by atoms with Crippen molar-refractivity contribution in [3.63, 3.8) is 0 Å². The molecule has 1 aromatic rings. The van der Waals surface area contributed by atoms with E-state index < -0.39 is 11.7 Å². The van der Waals surface area contributed by atoms with Crippen molar-refractivity contribution in [1.29, 1.82) is 0 Å². The molecule has 74 valence electrons. The third-order valence-corrected chi connectivity index (χ3v) is 1.57. The number of rotatable bonds is 1. The van der Waals surface area contributed by atoms with Gasteiger partial charge in [0, 0.05) is 0 Å². The normalized spacial score (nSPS) is 10.0. The molecule has 0 saturated carbocycles. The first kappa shape index (κ1) is 16.8. The van der Waals surface area contributed by atoms with Gasteiger partial charge in [-0.05, 0) is 12.1 Å². The Morgan fingerprint density at radius 1 is 1.07 bits per heavy atom. The number of hydrogen-bond acceptors (Lipinski definition) is 0. The van der Waals surface area contributed by atoms with Crippen molar-refractivity contribution in [3.05, 3.63) is 42.3 Å². The Morgan fingerprint density at radius 3 is 1.79 bits per heavy atom. The van der Waals surface area contributed by atoms with Crippen LogP contribution in [-0.2, 0) is 32.1 Å². The van der Waals surface area contributed by atoms with Gasteiger partial charge in [0.25, 0.3) is 0 Å². The monoisotopic (exact) mass is 364 g/mol. The predicted octanol–water partition coefficient (Wildman–Crippen LogP) is 0.0835. The van der Waals surface area contributed by atoms with Crippen LogP contribution in [0.15, 0.2) is 24.3 Å². The summed E-state index contributed by atoms with van der Waals surface area (Å²) in [6, 6.07) is 5.02. The Morgan fingerprint density at radius 2 is 1.50 bits per heavy atom. The van der Waals surface area contributed by atoms with Gasteiger partial charge in [-0.15, -0.1) is 0 Å². The first-order valence-corrected chi connectivity index (χ1v) is 3.49. The first-order valence-electron chi connectivity index (χ1n) is 3.49.